The molecule has 2 N–H and O–H groups in total. The fourth-order valence-corrected chi connectivity index (χ4v) is 4.37. The lowest BCUT2D eigenvalue weighted by atomic mass is 10.0. The molecule has 2 amide bonds. The van der Waals surface area contributed by atoms with Crippen LogP contribution < -0.4 is 10.6 Å². The molecule has 0 bridgehead atoms. The topological polar surface area (TPSA) is 101 Å². The molecule has 0 unspecified atom stereocenters. The summed E-state index contributed by atoms with van der Waals surface area (Å²) in [5.74, 6) is -0.267. The number of amides is 2. The molecule has 0 aliphatic rings. The highest BCUT2D eigenvalue weighted by Crippen LogP contribution is 2.27. The molecule has 0 atom stereocenters. The van der Waals surface area contributed by atoms with Crippen molar-refractivity contribution in [2.75, 3.05) is 10.6 Å². The zero-order valence-electron chi connectivity index (χ0n) is 23.0. The van der Waals surface area contributed by atoms with Crippen molar-refractivity contribution in [2.45, 2.75) is 13.8 Å². The number of anilines is 2. The maximum absolute atomic E-state index is 12.3. The number of non-ortho nitro benzene ring substituents is 1. The van der Waals surface area contributed by atoms with Crippen molar-refractivity contribution in [3.63, 3.8) is 0 Å². The summed E-state index contributed by atoms with van der Waals surface area (Å²) in [6.45, 7) is 3.88. The first-order valence-electron chi connectivity index (χ1n) is 13.1. The van der Waals surface area contributed by atoms with Crippen LogP contribution >= 0.6 is 15.9 Å². The Kier molecular flexibility index (Phi) is 9.97. The summed E-state index contributed by atoms with van der Waals surface area (Å²) in [5, 5.41) is 16.6. The van der Waals surface area contributed by atoms with Crippen LogP contribution in [0.1, 0.15) is 31.8 Å². The Morgan fingerprint density at radius 2 is 1.07 bits per heavy atom. The van der Waals surface area contributed by atoms with Gasteiger partial charge >= 0.3 is 0 Å². The number of hydrogen-bond donors (Lipinski definition) is 2. The maximum Gasteiger partial charge on any atom is 0.269 e. The van der Waals surface area contributed by atoms with Crippen molar-refractivity contribution >= 4 is 44.8 Å². The molecule has 0 aliphatic heterocycles. The van der Waals surface area contributed by atoms with Gasteiger partial charge in [0.2, 0.25) is 0 Å². The van der Waals surface area contributed by atoms with Gasteiger partial charge in [-0.1, -0.05) is 70.5 Å². The van der Waals surface area contributed by atoms with Gasteiger partial charge < -0.3 is 10.6 Å². The minimum atomic E-state index is -0.426. The number of aryl methyl sites for hydroxylation is 2. The van der Waals surface area contributed by atoms with Crippen molar-refractivity contribution < 1.29 is 14.5 Å². The lowest BCUT2D eigenvalue weighted by molar-refractivity contribution is -0.384. The van der Waals surface area contributed by atoms with Gasteiger partial charge in [-0.25, -0.2) is 0 Å². The number of nitrogens with zero attached hydrogens (tertiary/aromatic N) is 1. The normalized spacial score (nSPS) is 10.2. The van der Waals surface area contributed by atoms with E-state index in [9.17, 15) is 19.7 Å². The molecule has 0 saturated heterocycles. The molecule has 7 nitrogen and oxygen atoms in total. The zero-order valence-corrected chi connectivity index (χ0v) is 24.6. The summed E-state index contributed by atoms with van der Waals surface area (Å²) in [7, 11) is 0. The Bertz CT molecular complexity index is 1710. The molecule has 5 aromatic carbocycles. The van der Waals surface area contributed by atoms with Gasteiger partial charge in [0.05, 0.1) is 4.92 Å². The van der Waals surface area contributed by atoms with Crippen LogP contribution in [0, 0.1) is 24.0 Å². The smallest absolute Gasteiger partial charge is 0.269 e. The molecule has 0 aliphatic carbocycles. The summed E-state index contributed by atoms with van der Waals surface area (Å²) in [5.41, 5.74) is 6.54. The number of nitro groups is 1. The minimum absolute atomic E-state index is 0.0495. The van der Waals surface area contributed by atoms with Gasteiger partial charge in [-0.15, -0.1) is 0 Å². The van der Waals surface area contributed by atoms with E-state index in [1.807, 2.05) is 86.6 Å². The SMILES string of the molecule is Cc1ccc(-c2ccc([N+](=O)[O-])cc2)cc1NC(=O)c1ccccc1.Cc1ccc(Br)cc1NC(=O)c1ccccc1. The predicted molar refractivity (Wildman–Crippen MR) is 171 cm³/mol. The van der Waals surface area contributed by atoms with E-state index in [1.165, 1.54) is 12.1 Å². The van der Waals surface area contributed by atoms with Crippen LogP contribution in [-0.4, -0.2) is 16.7 Å². The number of halogens is 1. The van der Waals surface area contributed by atoms with Crippen molar-refractivity contribution in [1.82, 2.24) is 0 Å². The van der Waals surface area contributed by atoms with Crippen molar-refractivity contribution in [3.05, 3.63) is 158 Å². The second-order valence-electron chi connectivity index (χ2n) is 9.43. The number of carbonyl (C=O) groups is 2. The average molecular weight is 623 g/mol. The first-order valence-corrected chi connectivity index (χ1v) is 13.8. The third-order valence-electron chi connectivity index (χ3n) is 6.42. The molecular weight excluding hydrogens is 594 g/mol. The van der Waals surface area contributed by atoms with Gasteiger partial charge in [-0.3, -0.25) is 19.7 Å². The van der Waals surface area contributed by atoms with E-state index in [-0.39, 0.29) is 17.5 Å². The molecule has 0 radical (unpaired) electrons. The van der Waals surface area contributed by atoms with E-state index in [4.69, 9.17) is 0 Å². The largest absolute Gasteiger partial charge is 0.322 e. The van der Waals surface area contributed by atoms with Crippen molar-refractivity contribution in [1.29, 1.82) is 0 Å². The third kappa shape index (κ3) is 7.99. The molecule has 0 heterocycles. The Labute approximate surface area is 252 Å². The fourth-order valence-electron chi connectivity index (χ4n) is 4.01. The van der Waals surface area contributed by atoms with Crippen molar-refractivity contribution in [2.24, 2.45) is 0 Å². The molecule has 8 heteroatoms. The zero-order chi connectivity index (χ0) is 30.1. The Morgan fingerprint density at radius 1 is 0.619 bits per heavy atom. The molecule has 42 heavy (non-hydrogen) atoms. The summed E-state index contributed by atoms with van der Waals surface area (Å²) in [6.07, 6.45) is 0. The highest BCUT2D eigenvalue weighted by molar-refractivity contribution is 9.10. The number of nitro benzene ring substituents is 1. The number of carbonyl (C=O) groups excluding carboxylic acids is 2. The predicted octanol–water partition coefficient (Wildman–Crippen LogP) is 8.83. The van der Waals surface area contributed by atoms with Crippen LogP contribution in [0.5, 0.6) is 0 Å². The van der Waals surface area contributed by atoms with E-state index in [0.29, 0.717) is 16.8 Å². The summed E-state index contributed by atoms with van der Waals surface area (Å²) in [6, 6.07) is 36.0. The van der Waals surface area contributed by atoms with Crippen LogP contribution in [0.25, 0.3) is 11.1 Å². The molecule has 0 aromatic heterocycles. The number of nitrogens with one attached hydrogen (secondary N) is 2. The second kappa shape index (κ2) is 14.0. The molecular formula is C34H28BrN3O4. The highest BCUT2D eigenvalue weighted by atomic mass is 79.9. The second-order valence-corrected chi connectivity index (χ2v) is 10.3. The van der Waals surface area contributed by atoms with Crippen LogP contribution in [0.3, 0.4) is 0 Å². The summed E-state index contributed by atoms with van der Waals surface area (Å²) in [4.78, 5) is 34.6. The lowest BCUT2D eigenvalue weighted by Crippen LogP contribution is -2.12. The average Bonchev–Trinajstić information content (AvgIpc) is 3.01. The summed E-state index contributed by atoms with van der Waals surface area (Å²) >= 11 is 3.39. The van der Waals surface area contributed by atoms with E-state index < -0.39 is 4.92 Å². The van der Waals surface area contributed by atoms with E-state index in [2.05, 4.69) is 26.6 Å². The van der Waals surface area contributed by atoms with Gasteiger partial charge in [0.25, 0.3) is 17.5 Å². The van der Waals surface area contributed by atoms with Crippen LogP contribution in [-0.2, 0) is 0 Å². The highest BCUT2D eigenvalue weighted by Gasteiger charge is 2.10. The van der Waals surface area contributed by atoms with Crippen molar-refractivity contribution in [3.8, 4) is 11.1 Å². The first-order chi connectivity index (χ1) is 20.2. The number of rotatable bonds is 6. The lowest BCUT2D eigenvalue weighted by Gasteiger charge is -2.11. The van der Waals surface area contributed by atoms with Crippen LogP contribution in [0.2, 0.25) is 0 Å². The Morgan fingerprint density at radius 3 is 1.57 bits per heavy atom. The molecule has 0 saturated carbocycles. The van der Waals surface area contributed by atoms with Gasteiger partial charge in [0.15, 0.2) is 0 Å². The van der Waals surface area contributed by atoms with E-state index in [1.54, 1.807) is 36.4 Å². The third-order valence-corrected chi connectivity index (χ3v) is 6.91. The Hall–Kier alpha value is -5.08. The monoisotopic (exact) mass is 621 g/mol. The van der Waals surface area contributed by atoms with Gasteiger partial charge in [-0.2, -0.15) is 0 Å². The first kappa shape index (κ1) is 29.9. The van der Waals surface area contributed by atoms with Gasteiger partial charge in [0.1, 0.15) is 0 Å². The molecule has 0 spiro atoms. The van der Waals surface area contributed by atoms with Gasteiger partial charge in [-0.05, 0) is 90.7 Å². The molecule has 5 rings (SSSR count). The Balaban J connectivity index is 0.000000208. The molecule has 5 aromatic rings. The van der Waals surface area contributed by atoms with Crippen LogP contribution in [0.15, 0.2) is 126 Å². The van der Waals surface area contributed by atoms with Crippen LogP contribution in [0.4, 0.5) is 17.1 Å². The fraction of sp³-hybridized carbons (Fsp3) is 0.0588. The van der Waals surface area contributed by atoms with E-state index >= 15 is 0 Å². The number of hydrogen-bond acceptors (Lipinski definition) is 4. The molecule has 210 valence electrons. The quantitative estimate of drug-likeness (QED) is 0.146. The molecule has 0 fully saturated rings. The summed E-state index contributed by atoms with van der Waals surface area (Å²) < 4.78 is 0.950. The van der Waals surface area contributed by atoms with E-state index in [0.717, 1.165) is 32.4 Å². The maximum atomic E-state index is 12.3. The van der Waals surface area contributed by atoms with Gasteiger partial charge in [0, 0.05) is 39.1 Å². The standard InChI is InChI=1S/C20H16N2O3.C14H12BrNO/c1-14-7-8-17(15-9-11-18(12-10-15)22(24)25)13-19(14)21-20(23)16-5-3-2-4-6-16;1-10-7-8-12(15)9-13(10)16-14(17)11-5-3-2-4-6-11/h2-13H,1H3,(H,21,23);2-9H,1H3,(H,16,17). The minimum Gasteiger partial charge on any atom is -0.322 e. The number of benzene rings is 5.